The van der Waals surface area contributed by atoms with Gasteiger partial charge in [0.1, 0.15) is 0 Å². The molecule has 1 aliphatic carbocycles. The molecular formula is C15H21N3O2. The lowest BCUT2D eigenvalue weighted by molar-refractivity contribution is -0.136. The molecule has 108 valence electrons. The van der Waals surface area contributed by atoms with E-state index in [4.69, 9.17) is 4.52 Å². The molecule has 0 saturated carbocycles. The molecule has 20 heavy (non-hydrogen) atoms. The summed E-state index contributed by atoms with van der Waals surface area (Å²) in [6, 6.07) is 0.0115. The number of hydrogen-bond donors (Lipinski definition) is 0. The Kier molecular flexibility index (Phi) is 3.85. The minimum absolute atomic E-state index is 0.0115. The van der Waals surface area contributed by atoms with Crippen LogP contribution in [0.2, 0.25) is 0 Å². The summed E-state index contributed by atoms with van der Waals surface area (Å²) >= 11 is 0. The molecule has 1 aromatic heterocycles. The molecule has 5 heteroatoms. The quantitative estimate of drug-likeness (QED) is 0.796. The van der Waals surface area contributed by atoms with E-state index < -0.39 is 0 Å². The van der Waals surface area contributed by atoms with Crippen LogP contribution in [0.1, 0.15) is 56.8 Å². The third-order valence-corrected chi connectivity index (χ3v) is 4.24. The molecule has 0 radical (unpaired) electrons. The molecule has 0 spiro atoms. The number of carbonyl (C=O) groups is 1. The second-order valence-corrected chi connectivity index (χ2v) is 5.57. The van der Waals surface area contributed by atoms with E-state index in [9.17, 15) is 4.79 Å². The molecular weight excluding hydrogens is 254 g/mol. The van der Waals surface area contributed by atoms with Gasteiger partial charge in [0, 0.05) is 18.9 Å². The maximum absolute atomic E-state index is 12.7. The normalized spacial score (nSPS) is 26.1. The molecule has 1 aromatic rings. The van der Waals surface area contributed by atoms with Gasteiger partial charge in [-0.05, 0) is 32.1 Å². The van der Waals surface area contributed by atoms with Gasteiger partial charge in [0.05, 0.1) is 6.04 Å². The lowest BCUT2D eigenvalue weighted by Gasteiger charge is -2.27. The first-order chi connectivity index (χ1) is 9.79. The van der Waals surface area contributed by atoms with Crippen molar-refractivity contribution in [3.8, 4) is 0 Å². The van der Waals surface area contributed by atoms with E-state index in [1.807, 2.05) is 11.8 Å². The first kappa shape index (κ1) is 13.3. The average molecular weight is 275 g/mol. The molecule has 1 aliphatic heterocycles. The SMILES string of the molecule is CCc1nc([C@H]2CCCN2C(=O)[C@H]2CC=CCC2)no1. The fourth-order valence-corrected chi connectivity index (χ4v) is 3.10. The number of rotatable bonds is 3. The topological polar surface area (TPSA) is 59.2 Å². The molecule has 2 atom stereocenters. The molecule has 5 nitrogen and oxygen atoms in total. The second kappa shape index (κ2) is 5.77. The summed E-state index contributed by atoms with van der Waals surface area (Å²) < 4.78 is 5.19. The molecule has 2 aliphatic rings. The predicted molar refractivity (Wildman–Crippen MR) is 73.8 cm³/mol. The van der Waals surface area contributed by atoms with Gasteiger partial charge in [-0.25, -0.2) is 0 Å². The molecule has 1 saturated heterocycles. The molecule has 1 amide bonds. The Bertz CT molecular complexity index is 509. The maximum Gasteiger partial charge on any atom is 0.226 e. The lowest BCUT2D eigenvalue weighted by Crippen LogP contribution is -2.36. The zero-order valence-electron chi connectivity index (χ0n) is 11.9. The van der Waals surface area contributed by atoms with Crippen molar-refractivity contribution in [2.24, 2.45) is 5.92 Å². The Morgan fingerprint density at radius 1 is 1.45 bits per heavy atom. The summed E-state index contributed by atoms with van der Waals surface area (Å²) in [6.45, 7) is 2.81. The van der Waals surface area contributed by atoms with Crippen LogP contribution in [0.15, 0.2) is 16.7 Å². The van der Waals surface area contributed by atoms with Crippen molar-refractivity contribution in [2.75, 3.05) is 6.54 Å². The van der Waals surface area contributed by atoms with Gasteiger partial charge in [0.15, 0.2) is 5.82 Å². The van der Waals surface area contributed by atoms with E-state index in [-0.39, 0.29) is 17.9 Å². The van der Waals surface area contributed by atoms with Gasteiger partial charge < -0.3 is 9.42 Å². The Labute approximate surface area is 119 Å². The van der Waals surface area contributed by atoms with E-state index in [1.165, 1.54) is 0 Å². The van der Waals surface area contributed by atoms with E-state index in [2.05, 4.69) is 22.3 Å². The predicted octanol–water partition coefficient (Wildman–Crippen LogP) is 2.65. The fourth-order valence-electron chi connectivity index (χ4n) is 3.10. The first-order valence-electron chi connectivity index (χ1n) is 7.57. The maximum atomic E-state index is 12.7. The van der Waals surface area contributed by atoms with Gasteiger partial charge in [-0.3, -0.25) is 4.79 Å². The van der Waals surface area contributed by atoms with Crippen molar-refractivity contribution in [2.45, 2.75) is 51.5 Å². The van der Waals surface area contributed by atoms with Crippen LogP contribution < -0.4 is 0 Å². The van der Waals surface area contributed by atoms with Gasteiger partial charge in [-0.2, -0.15) is 4.98 Å². The minimum atomic E-state index is 0.0115. The zero-order valence-corrected chi connectivity index (χ0v) is 11.9. The standard InChI is InChI=1S/C15H21N3O2/c1-2-13-16-14(17-20-13)12-9-6-10-18(12)15(19)11-7-4-3-5-8-11/h3-4,11-12H,2,5-10H2,1H3/t11-,12+/m0/s1. The second-order valence-electron chi connectivity index (χ2n) is 5.57. The smallest absolute Gasteiger partial charge is 0.226 e. The van der Waals surface area contributed by atoms with E-state index in [1.54, 1.807) is 0 Å². The van der Waals surface area contributed by atoms with Crippen LogP contribution in [-0.2, 0) is 11.2 Å². The molecule has 0 bridgehead atoms. The number of amides is 1. The monoisotopic (exact) mass is 275 g/mol. The molecule has 0 unspecified atom stereocenters. The lowest BCUT2D eigenvalue weighted by atomic mass is 9.93. The number of carbonyl (C=O) groups excluding carboxylic acids is 1. The summed E-state index contributed by atoms with van der Waals surface area (Å²) in [7, 11) is 0. The van der Waals surface area contributed by atoms with Gasteiger partial charge >= 0.3 is 0 Å². The summed E-state index contributed by atoms with van der Waals surface area (Å²) in [5.41, 5.74) is 0. The first-order valence-corrected chi connectivity index (χ1v) is 7.57. The van der Waals surface area contributed by atoms with E-state index in [0.29, 0.717) is 11.7 Å². The number of hydrogen-bond acceptors (Lipinski definition) is 4. The van der Waals surface area contributed by atoms with Crippen molar-refractivity contribution in [3.05, 3.63) is 23.9 Å². The highest BCUT2D eigenvalue weighted by atomic mass is 16.5. The Hall–Kier alpha value is -1.65. The van der Waals surface area contributed by atoms with Crippen LogP contribution in [-0.4, -0.2) is 27.5 Å². The van der Waals surface area contributed by atoms with Gasteiger partial charge in [0.2, 0.25) is 11.8 Å². The van der Waals surface area contributed by atoms with Crippen molar-refractivity contribution in [1.29, 1.82) is 0 Å². The number of aromatic nitrogens is 2. The summed E-state index contributed by atoms with van der Waals surface area (Å²) in [4.78, 5) is 19.0. The highest BCUT2D eigenvalue weighted by Crippen LogP contribution is 2.33. The van der Waals surface area contributed by atoms with Gasteiger partial charge in [-0.1, -0.05) is 24.2 Å². The number of allylic oxidation sites excluding steroid dienone is 2. The average Bonchev–Trinajstić information content (AvgIpc) is 3.15. The van der Waals surface area contributed by atoms with Crippen LogP contribution >= 0.6 is 0 Å². The zero-order chi connectivity index (χ0) is 13.9. The van der Waals surface area contributed by atoms with Crippen LogP contribution in [0.25, 0.3) is 0 Å². The number of likely N-dealkylation sites (tertiary alicyclic amines) is 1. The van der Waals surface area contributed by atoms with Crippen LogP contribution in [0.5, 0.6) is 0 Å². The highest BCUT2D eigenvalue weighted by Gasteiger charge is 2.36. The van der Waals surface area contributed by atoms with Crippen LogP contribution in [0.3, 0.4) is 0 Å². The molecule has 0 N–H and O–H groups in total. The molecule has 1 fully saturated rings. The third kappa shape index (κ3) is 2.49. The Balaban J connectivity index is 1.74. The Morgan fingerprint density at radius 2 is 2.35 bits per heavy atom. The van der Waals surface area contributed by atoms with Crippen molar-refractivity contribution >= 4 is 5.91 Å². The van der Waals surface area contributed by atoms with E-state index >= 15 is 0 Å². The summed E-state index contributed by atoms with van der Waals surface area (Å²) in [6.07, 6.45) is 9.84. The van der Waals surface area contributed by atoms with Crippen LogP contribution in [0, 0.1) is 5.92 Å². The van der Waals surface area contributed by atoms with Gasteiger partial charge in [0.25, 0.3) is 0 Å². The largest absolute Gasteiger partial charge is 0.339 e. The summed E-state index contributed by atoms with van der Waals surface area (Å²) in [5, 5.41) is 4.05. The number of nitrogens with zero attached hydrogens (tertiary/aromatic N) is 3. The fraction of sp³-hybridized carbons (Fsp3) is 0.667. The third-order valence-electron chi connectivity index (χ3n) is 4.24. The minimum Gasteiger partial charge on any atom is -0.339 e. The molecule has 2 heterocycles. The van der Waals surface area contributed by atoms with Crippen molar-refractivity contribution in [3.63, 3.8) is 0 Å². The number of aryl methyl sites for hydroxylation is 1. The van der Waals surface area contributed by atoms with Gasteiger partial charge in [-0.15, -0.1) is 0 Å². The summed E-state index contributed by atoms with van der Waals surface area (Å²) in [5.74, 6) is 1.73. The van der Waals surface area contributed by atoms with Crippen molar-refractivity contribution < 1.29 is 9.32 Å². The van der Waals surface area contributed by atoms with Crippen molar-refractivity contribution in [1.82, 2.24) is 15.0 Å². The molecule has 3 rings (SSSR count). The Morgan fingerprint density at radius 3 is 3.05 bits per heavy atom. The highest BCUT2D eigenvalue weighted by molar-refractivity contribution is 5.79. The van der Waals surface area contributed by atoms with Crippen LogP contribution in [0.4, 0.5) is 0 Å². The van der Waals surface area contributed by atoms with E-state index in [0.717, 1.165) is 45.1 Å². The molecule has 0 aromatic carbocycles.